The molecule has 0 aliphatic heterocycles. The summed E-state index contributed by atoms with van der Waals surface area (Å²) in [5, 5.41) is 3.03. The van der Waals surface area contributed by atoms with E-state index in [4.69, 9.17) is 5.73 Å². The van der Waals surface area contributed by atoms with Crippen LogP contribution in [0.4, 0.5) is 0 Å². The summed E-state index contributed by atoms with van der Waals surface area (Å²) in [6.07, 6.45) is 7.32. The van der Waals surface area contributed by atoms with E-state index < -0.39 is 0 Å². The molecule has 0 aromatic heterocycles. The van der Waals surface area contributed by atoms with E-state index in [0.717, 1.165) is 18.4 Å². The van der Waals surface area contributed by atoms with Crippen LogP contribution in [-0.2, 0) is 4.79 Å². The largest absolute Gasteiger partial charge is 0.353 e. The summed E-state index contributed by atoms with van der Waals surface area (Å²) in [7, 11) is 0. The molecule has 1 atom stereocenters. The summed E-state index contributed by atoms with van der Waals surface area (Å²) in [6, 6.07) is 10.2. The fourth-order valence-electron chi connectivity index (χ4n) is 2.19. The first kappa shape index (κ1) is 12.8. The molecule has 2 rings (SSSR count). The predicted molar refractivity (Wildman–Crippen MR) is 72.9 cm³/mol. The van der Waals surface area contributed by atoms with E-state index in [1.54, 1.807) is 0 Å². The van der Waals surface area contributed by atoms with Gasteiger partial charge in [0.2, 0.25) is 5.91 Å². The van der Waals surface area contributed by atoms with Crippen molar-refractivity contribution in [2.45, 2.75) is 37.8 Å². The van der Waals surface area contributed by atoms with Gasteiger partial charge in [0.1, 0.15) is 0 Å². The van der Waals surface area contributed by atoms with Gasteiger partial charge in [-0.3, -0.25) is 4.79 Å². The highest BCUT2D eigenvalue weighted by atomic mass is 16.1. The number of amides is 1. The second-order valence-corrected chi connectivity index (χ2v) is 4.76. The third-order valence-electron chi connectivity index (χ3n) is 3.28. The number of carbonyl (C=O) groups is 1. The minimum Gasteiger partial charge on any atom is -0.353 e. The Kier molecular flexibility index (Phi) is 4.53. The standard InChI is InChI=1S/C15H20N2O/c16-14(12-6-2-1-3-7-12)10-11-15(18)17-13-8-4-5-9-13/h1-7,13-14H,8-11,16H2,(H,17,18). The molecule has 1 aliphatic rings. The predicted octanol–water partition coefficient (Wildman–Crippen LogP) is 2.30. The zero-order valence-electron chi connectivity index (χ0n) is 10.5. The molecule has 1 aliphatic carbocycles. The molecule has 3 N–H and O–H groups in total. The van der Waals surface area contributed by atoms with Gasteiger partial charge in [0.15, 0.2) is 0 Å². The van der Waals surface area contributed by atoms with Crippen molar-refractivity contribution in [3.05, 3.63) is 48.0 Å². The van der Waals surface area contributed by atoms with E-state index in [9.17, 15) is 4.79 Å². The Bertz CT molecular complexity index is 406. The average molecular weight is 244 g/mol. The third-order valence-corrected chi connectivity index (χ3v) is 3.28. The van der Waals surface area contributed by atoms with Crippen molar-refractivity contribution >= 4 is 5.91 Å². The van der Waals surface area contributed by atoms with Gasteiger partial charge in [0.05, 0.1) is 0 Å². The molecule has 0 bridgehead atoms. The zero-order valence-corrected chi connectivity index (χ0v) is 10.5. The van der Waals surface area contributed by atoms with Crippen LogP contribution in [0.25, 0.3) is 0 Å². The summed E-state index contributed by atoms with van der Waals surface area (Å²) < 4.78 is 0. The molecule has 3 nitrogen and oxygen atoms in total. The molecule has 0 spiro atoms. The summed E-state index contributed by atoms with van der Waals surface area (Å²) in [4.78, 5) is 11.7. The van der Waals surface area contributed by atoms with Gasteiger partial charge in [-0.2, -0.15) is 0 Å². The van der Waals surface area contributed by atoms with E-state index in [-0.39, 0.29) is 11.9 Å². The van der Waals surface area contributed by atoms with Crippen LogP contribution < -0.4 is 11.1 Å². The molecule has 0 heterocycles. The molecule has 0 radical (unpaired) electrons. The van der Waals surface area contributed by atoms with Crippen LogP contribution in [0.3, 0.4) is 0 Å². The van der Waals surface area contributed by atoms with Gasteiger partial charge in [-0.05, 0) is 24.8 Å². The maximum atomic E-state index is 11.7. The Morgan fingerprint density at radius 2 is 1.94 bits per heavy atom. The highest BCUT2D eigenvalue weighted by molar-refractivity contribution is 5.76. The van der Waals surface area contributed by atoms with E-state index in [0.29, 0.717) is 18.9 Å². The molecule has 18 heavy (non-hydrogen) atoms. The minimum absolute atomic E-state index is 0.0568. The second kappa shape index (κ2) is 6.36. The van der Waals surface area contributed by atoms with Crippen molar-refractivity contribution < 1.29 is 4.79 Å². The molecule has 3 heteroatoms. The summed E-state index contributed by atoms with van der Waals surface area (Å²) in [5.41, 5.74) is 7.15. The van der Waals surface area contributed by atoms with Gasteiger partial charge < -0.3 is 11.1 Å². The number of carbonyl (C=O) groups excluding carboxylic acids is 1. The van der Waals surface area contributed by atoms with Crippen molar-refractivity contribution in [1.82, 2.24) is 5.32 Å². The Morgan fingerprint density at radius 1 is 1.28 bits per heavy atom. The van der Waals surface area contributed by atoms with Crippen LogP contribution >= 0.6 is 0 Å². The Labute approximate surface area is 108 Å². The number of rotatable bonds is 5. The Hall–Kier alpha value is -1.61. The highest BCUT2D eigenvalue weighted by Gasteiger charge is 2.14. The van der Waals surface area contributed by atoms with Gasteiger partial charge >= 0.3 is 0 Å². The van der Waals surface area contributed by atoms with Crippen LogP contribution in [0.5, 0.6) is 0 Å². The fourth-order valence-corrected chi connectivity index (χ4v) is 2.19. The first-order valence-corrected chi connectivity index (χ1v) is 6.50. The van der Waals surface area contributed by atoms with Crippen LogP contribution in [0, 0.1) is 0 Å². The topological polar surface area (TPSA) is 55.1 Å². The summed E-state index contributed by atoms with van der Waals surface area (Å²) in [5.74, 6) is 0.107. The molecule has 1 aromatic carbocycles. The highest BCUT2D eigenvalue weighted by Crippen LogP contribution is 2.15. The molecule has 1 amide bonds. The lowest BCUT2D eigenvalue weighted by atomic mass is 10.0. The van der Waals surface area contributed by atoms with Gasteiger partial charge in [0, 0.05) is 18.5 Å². The van der Waals surface area contributed by atoms with Crippen molar-refractivity contribution in [2.24, 2.45) is 5.73 Å². The summed E-state index contributed by atoms with van der Waals surface area (Å²) >= 11 is 0. The van der Waals surface area contributed by atoms with Gasteiger partial charge in [-0.1, -0.05) is 42.5 Å². The maximum absolute atomic E-state index is 11.7. The first-order valence-electron chi connectivity index (χ1n) is 6.50. The van der Waals surface area contributed by atoms with Gasteiger partial charge in [-0.25, -0.2) is 0 Å². The lowest BCUT2D eigenvalue weighted by Gasteiger charge is -2.14. The molecule has 0 saturated carbocycles. The van der Waals surface area contributed by atoms with Crippen LogP contribution in [0.2, 0.25) is 0 Å². The van der Waals surface area contributed by atoms with Crippen LogP contribution in [0.15, 0.2) is 42.5 Å². The molecule has 1 unspecified atom stereocenters. The van der Waals surface area contributed by atoms with Gasteiger partial charge in [-0.15, -0.1) is 0 Å². The number of nitrogens with one attached hydrogen (secondary N) is 1. The number of hydrogen-bond acceptors (Lipinski definition) is 2. The maximum Gasteiger partial charge on any atom is 0.220 e. The Balaban J connectivity index is 1.72. The van der Waals surface area contributed by atoms with E-state index >= 15 is 0 Å². The molecule has 96 valence electrons. The minimum atomic E-state index is -0.0568. The molecule has 0 fully saturated rings. The van der Waals surface area contributed by atoms with Crippen LogP contribution in [-0.4, -0.2) is 11.9 Å². The van der Waals surface area contributed by atoms with E-state index in [2.05, 4.69) is 17.5 Å². The number of nitrogens with two attached hydrogens (primary N) is 1. The third kappa shape index (κ3) is 3.70. The van der Waals surface area contributed by atoms with Crippen molar-refractivity contribution in [3.8, 4) is 0 Å². The first-order chi connectivity index (χ1) is 8.75. The van der Waals surface area contributed by atoms with Crippen molar-refractivity contribution in [2.75, 3.05) is 0 Å². The van der Waals surface area contributed by atoms with Gasteiger partial charge in [0.25, 0.3) is 0 Å². The number of benzene rings is 1. The normalized spacial score (nSPS) is 16.7. The van der Waals surface area contributed by atoms with Crippen molar-refractivity contribution in [3.63, 3.8) is 0 Å². The quantitative estimate of drug-likeness (QED) is 0.781. The average Bonchev–Trinajstić information content (AvgIpc) is 2.90. The fraction of sp³-hybridized carbons (Fsp3) is 0.400. The second-order valence-electron chi connectivity index (χ2n) is 4.76. The summed E-state index contributed by atoms with van der Waals surface area (Å²) in [6.45, 7) is 0. The van der Waals surface area contributed by atoms with E-state index in [1.165, 1.54) is 0 Å². The van der Waals surface area contributed by atoms with Crippen molar-refractivity contribution in [1.29, 1.82) is 0 Å². The number of hydrogen-bond donors (Lipinski definition) is 2. The molecular weight excluding hydrogens is 224 g/mol. The smallest absolute Gasteiger partial charge is 0.220 e. The molecular formula is C15H20N2O. The Morgan fingerprint density at radius 3 is 2.61 bits per heavy atom. The molecule has 1 aromatic rings. The SMILES string of the molecule is NC(CCC(=O)NC1CC=CC1)c1ccccc1. The molecule has 0 saturated heterocycles. The monoisotopic (exact) mass is 244 g/mol. The van der Waals surface area contributed by atoms with E-state index in [1.807, 2.05) is 30.3 Å². The van der Waals surface area contributed by atoms with Crippen LogP contribution in [0.1, 0.15) is 37.3 Å². The lowest BCUT2D eigenvalue weighted by Crippen LogP contribution is -2.33. The lowest BCUT2D eigenvalue weighted by molar-refractivity contribution is -0.121. The zero-order chi connectivity index (χ0) is 12.8.